The van der Waals surface area contributed by atoms with Crippen molar-refractivity contribution >= 4 is 11.6 Å². The van der Waals surface area contributed by atoms with E-state index in [2.05, 4.69) is 9.97 Å². The van der Waals surface area contributed by atoms with Gasteiger partial charge in [0, 0.05) is 36.6 Å². The summed E-state index contributed by atoms with van der Waals surface area (Å²) in [5.41, 5.74) is 0.212. The van der Waals surface area contributed by atoms with Gasteiger partial charge in [-0.3, -0.25) is 14.9 Å². The molecule has 24 heavy (non-hydrogen) atoms. The number of hydrogen-bond acceptors (Lipinski definition) is 6. The zero-order valence-corrected chi connectivity index (χ0v) is 12.9. The quantitative estimate of drug-likeness (QED) is 0.629. The number of benzene rings is 1. The molecule has 1 aliphatic heterocycles. The number of ether oxygens (including phenoxy) is 1. The average Bonchev–Trinajstić information content (AvgIpc) is 2.62. The lowest BCUT2D eigenvalue weighted by Gasteiger charge is -2.32. The molecule has 0 radical (unpaired) electrons. The molecule has 1 atom stereocenters. The first-order valence-electron chi connectivity index (χ1n) is 7.61. The first kappa shape index (κ1) is 15.9. The van der Waals surface area contributed by atoms with Crippen LogP contribution in [0, 0.1) is 10.1 Å². The third-order valence-electron chi connectivity index (χ3n) is 3.78. The summed E-state index contributed by atoms with van der Waals surface area (Å²) in [5, 5.41) is 10.9. The molecule has 2 heterocycles. The highest BCUT2D eigenvalue weighted by atomic mass is 16.6. The van der Waals surface area contributed by atoms with Crippen molar-refractivity contribution in [2.45, 2.75) is 18.9 Å². The van der Waals surface area contributed by atoms with Gasteiger partial charge in [0.15, 0.2) is 0 Å². The zero-order valence-electron chi connectivity index (χ0n) is 12.9. The Labute approximate surface area is 138 Å². The Hall–Kier alpha value is -3.03. The Morgan fingerprint density at radius 2 is 2.08 bits per heavy atom. The molecular weight excluding hydrogens is 312 g/mol. The van der Waals surface area contributed by atoms with Crippen molar-refractivity contribution in [1.82, 2.24) is 14.9 Å². The Bertz CT molecular complexity index is 738. The van der Waals surface area contributed by atoms with Gasteiger partial charge in [-0.25, -0.2) is 9.97 Å². The van der Waals surface area contributed by atoms with Gasteiger partial charge in [0.05, 0.1) is 11.5 Å². The van der Waals surface area contributed by atoms with Gasteiger partial charge in [-0.05, 0) is 25.0 Å². The van der Waals surface area contributed by atoms with Gasteiger partial charge >= 0.3 is 6.01 Å². The fraction of sp³-hybridized carbons (Fsp3) is 0.312. The molecule has 1 aliphatic rings. The van der Waals surface area contributed by atoms with Gasteiger partial charge in [-0.1, -0.05) is 6.07 Å². The number of aromatic nitrogens is 2. The van der Waals surface area contributed by atoms with Crippen molar-refractivity contribution in [3.63, 3.8) is 0 Å². The fourth-order valence-corrected chi connectivity index (χ4v) is 2.65. The van der Waals surface area contributed by atoms with Crippen LogP contribution in [0.4, 0.5) is 5.69 Å². The number of non-ortho nitro benzene ring substituents is 1. The van der Waals surface area contributed by atoms with E-state index in [-0.39, 0.29) is 23.7 Å². The predicted molar refractivity (Wildman–Crippen MR) is 84.7 cm³/mol. The number of likely N-dealkylation sites (tertiary alicyclic amines) is 1. The molecule has 124 valence electrons. The van der Waals surface area contributed by atoms with E-state index >= 15 is 0 Å². The first-order chi connectivity index (χ1) is 11.6. The van der Waals surface area contributed by atoms with Gasteiger partial charge in [-0.2, -0.15) is 0 Å². The van der Waals surface area contributed by atoms with Crippen LogP contribution in [0.25, 0.3) is 0 Å². The lowest BCUT2D eigenvalue weighted by molar-refractivity contribution is -0.384. The fourth-order valence-electron chi connectivity index (χ4n) is 2.65. The van der Waals surface area contributed by atoms with Crippen molar-refractivity contribution < 1.29 is 14.5 Å². The molecule has 1 unspecified atom stereocenters. The molecule has 1 aromatic heterocycles. The summed E-state index contributed by atoms with van der Waals surface area (Å²) in [5.74, 6) is -0.235. The van der Waals surface area contributed by atoms with E-state index in [4.69, 9.17) is 4.74 Å². The Morgan fingerprint density at radius 3 is 2.83 bits per heavy atom. The second-order valence-corrected chi connectivity index (χ2v) is 5.47. The smallest absolute Gasteiger partial charge is 0.316 e. The summed E-state index contributed by atoms with van der Waals surface area (Å²) >= 11 is 0. The Kier molecular flexibility index (Phi) is 4.64. The molecule has 1 saturated heterocycles. The predicted octanol–water partition coefficient (Wildman–Crippen LogP) is 2.07. The van der Waals surface area contributed by atoms with Gasteiger partial charge in [0.1, 0.15) is 6.10 Å². The van der Waals surface area contributed by atoms with E-state index in [0.29, 0.717) is 18.7 Å². The average molecular weight is 328 g/mol. The minimum Gasteiger partial charge on any atom is -0.458 e. The topological polar surface area (TPSA) is 98.5 Å². The monoisotopic (exact) mass is 328 g/mol. The van der Waals surface area contributed by atoms with E-state index in [1.54, 1.807) is 29.4 Å². The molecule has 1 aromatic carbocycles. The second kappa shape index (κ2) is 7.03. The minimum absolute atomic E-state index is 0.0941. The normalized spacial score (nSPS) is 17.3. The SMILES string of the molecule is O=C(c1cccc([N+](=O)[O-])c1)N1CCCC(Oc2ncccn2)C1. The molecule has 8 nitrogen and oxygen atoms in total. The van der Waals surface area contributed by atoms with Crippen LogP contribution < -0.4 is 4.74 Å². The van der Waals surface area contributed by atoms with Crippen LogP contribution in [0.2, 0.25) is 0 Å². The lowest BCUT2D eigenvalue weighted by Crippen LogP contribution is -2.44. The Balaban J connectivity index is 1.69. The molecule has 0 saturated carbocycles. The molecule has 2 aromatic rings. The van der Waals surface area contributed by atoms with Crippen molar-refractivity contribution in [2.24, 2.45) is 0 Å². The molecule has 0 spiro atoms. The molecule has 0 N–H and O–H groups in total. The van der Waals surface area contributed by atoms with Crippen LogP contribution in [0.3, 0.4) is 0 Å². The van der Waals surface area contributed by atoms with Crippen molar-refractivity contribution in [3.05, 3.63) is 58.4 Å². The number of nitro groups is 1. The number of carbonyl (C=O) groups is 1. The van der Waals surface area contributed by atoms with Crippen molar-refractivity contribution in [1.29, 1.82) is 0 Å². The van der Waals surface area contributed by atoms with Gasteiger partial charge < -0.3 is 9.64 Å². The highest BCUT2D eigenvalue weighted by Crippen LogP contribution is 2.19. The van der Waals surface area contributed by atoms with Gasteiger partial charge in [0.2, 0.25) is 0 Å². The highest BCUT2D eigenvalue weighted by Gasteiger charge is 2.26. The van der Waals surface area contributed by atoms with E-state index < -0.39 is 4.92 Å². The molecule has 8 heteroatoms. The van der Waals surface area contributed by atoms with E-state index in [1.165, 1.54) is 18.2 Å². The van der Waals surface area contributed by atoms with E-state index in [1.807, 2.05) is 0 Å². The number of amides is 1. The molecule has 1 amide bonds. The summed E-state index contributed by atoms with van der Waals surface area (Å²) in [6.45, 7) is 0.997. The van der Waals surface area contributed by atoms with Crippen LogP contribution in [-0.2, 0) is 0 Å². The van der Waals surface area contributed by atoms with Crippen LogP contribution in [0.15, 0.2) is 42.7 Å². The number of nitro benzene ring substituents is 1. The number of hydrogen-bond donors (Lipinski definition) is 0. The maximum Gasteiger partial charge on any atom is 0.316 e. The number of piperidine rings is 1. The van der Waals surface area contributed by atoms with Gasteiger partial charge in [0.25, 0.3) is 11.6 Å². The summed E-state index contributed by atoms with van der Waals surface area (Å²) < 4.78 is 5.71. The highest BCUT2D eigenvalue weighted by molar-refractivity contribution is 5.94. The van der Waals surface area contributed by atoms with E-state index in [9.17, 15) is 14.9 Å². The first-order valence-corrected chi connectivity index (χ1v) is 7.61. The number of carbonyl (C=O) groups excluding carboxylic acids is 1. The van der Waals surface area contributed by atoms with Crippen molar-refractivity contribution in [3.8, 4) is 6.01 Å². The lowest BCUT2D eigenvalue weighted by atomic mass is 10.1. The van der Waals surface area contributed by atoms with E-state index in [0.717, 1.165) is 12.8 Å². The molecule has 1 fully saturated rings. The maximum atomic E-state index is 12.6. The van der Waals surface area contributed by atoms with Crippen LogP contribution in [0.5, 0.6) is 6.01 Å². The standard InChI is InChI=1S/C16H16N4O4/c21-15(12-4-1-5-13(10-12)20(22)23)19-9-2-6-14(11-19)24-16-17-7-3-8-18-16/h1,3-5,7-8,10,14H,2,6,9,11H2. The van der Waals surface area contributed by atoms with Crippen molar-refractivity contribution in [2.75, 3.05) is 13.1 Å². The Morgan fingerprint density at radius 1 is 1.29 bits per heavy atom. The van der Waals surface area contributed by atoms with Crippen LogP contribution >= 0.6 is 0 Å². The maximum absolute atomic E-state index is 12.6. The second-order valence-electron chi connectivity index (χ2n) is 5.47. The molecule has 0 bridgehead atoms. The van der Waals surface area contributed by atoms with Crippen LogP contribution in [0.1, 0.15) is 23.2 Å². The largest absolute Gasteiger partial charge is 0.458 e. The molecule has 3 rings (SSSR count). The zero-order chi connectivity index (χ0) is 16.9. The molecule has 0 aliphatic carbocycles. The molecular formula is C16H16N4O4. The number of rotatable bonds is 4. The third kappa shape index (κ3) is 3.65. The summed E-state index contributed by atoms with van der Waals surface area (Å²) in [6.07, 6.45) is 4.59. The summed E-state index contributed by atoms with van der Waals surface area (Å²) in [7, 11) is 0. The summed E-state index contributed by atoms with van der Waals surface area (Å²) in [6, 6.07) is 7.75. The van der Waals surface area contributed by atoms with Crippen LogP contribution in [-0.4, -0.2) is 44.9 Å². The van der Waals surface area contributed by atoms with Gasteiger partial charge in [-0.15, -0.1) is 0 Å². The number of nitrogens with zero attached hydrogens (tertiary/aromatic N) is 4. The third-order valence-corrected chi connectivity index (χ3v) is 3.78. The minimum atomic E-state index is -0.508. The summed E-state index contributed by atoms with van der Waals surface area (Å²) in [4.78, 5) is 32.6.